The second kappa shape index (κ2) is 7.70. The van der Waals surface area contributed by atoms with Crippen LogP contribution in [0.4, 0.5) is 10.7 Å². The number of hydrogen-bond acceptors (Lipinski definition) is 7. The second-order valence-electron chi connectivity index (χ2n) is 10.1. The van der Waals surface area contributed by atoms with Crippen LogP contribution in [0.1, 0.15) is 38.2 Å². The Morgan fingerprint density at radius 3 is 2.89 bits per heavy atom. The maximum Gasteiger partial charge on any atom is 0.417 e. The highest BCUT2D eigenvalue weighted by atomic mass is 16.6. The summed E-state index contributed by atoms with van der Waals surface area (Å²) in [5.41, 5.74) is 2.99. The van der Waals surface area contributed by atoms with E-state index in [1.165, 1.54) is 4.90 Å². The van der Waals surface area contributed by atoms with Crippen LogP contribution in [0.2, 0.25) is 0 Å². The van der Waals surface area contributed by atoms with Crippen LogP contribution in [0.25, 0.3) is 22.4 Å². The molecule has 2 aliphatic rings. The standard InChI is InChI=1S/C25H25N7O3/c1-24(14-31-16-27-19-5-4-17(12-26)10-21(19)31)7-3-8-25(13-24)15-32(23(33)34-25)22-11-20(29-35-22)18-6-9-30(2)28-18/h4-6,9-11,16H,3,7-8,13-15H2,1-2H3/t24-,25-/m0/s1. The number of nitriles is 1. The molecule has 1 aromatic carbocycles. The van der Waals surface area contributed by atoms with E-state index in [2.05, 4.69) is 32.8 Å². The maximum atomic E-state index is 12.9. The smallest absolute Gasteiger partial charge is 0.417 e. The minimum Gasteiger partial charge on any atom is -0.441 e. The highest BCUT2D eigenvalue weighted by Gasteiger charge is 2.52. The largest absolute Gasteiger partial charge is 0.441 e. The lowest BCUT2D eigenvalue weighted by molar-refractivity contribution is -0.0264. The van der Waals surface area contributed by atoms with Crippen molar-refractivity contribution in [3.63, 3.8) is 0 Å². The van der Waals surface area contributed by atoms with Crippen LogP contribution < -0.4 is 4.90 Å². The van der Waals surface area contributed by atoms with Gasteiger partial charge >= 0.3 is 6.09 Å². The van der Waals surface area contributed by atoms with E-state index in [4.69, 9.17) is 9.26 Å². The average Bonchev–Trinajstić information content (AvgIpc) is 3.61. The lowest BCUT2D eigenvalue weighted by atomic mass is 9.68. The van der Waals surface area contributed by atoms with E-state index in [9.17, 15) is 10.1 Å². The molecule has 1 aliphatic heterocycles. The lowest BCUT2D eigenvalue weighted by Gasteiger charge is -2.43. The number of carbonyl (C=O) groups excluding carboxylic acids is 1. The van der Waals surface area contributed by atoms with Crippen molar-refractivity contribution in [3.05, 3.63) is 48.4 Å². The number of aromatic nitrogens is 5. The van der Waals surface area contributed by atoms with E-state index in [0.717, 1.165) is 43.3 Å². The van der Waals surface area contributed by atoms with Crippen molar-refractivity contribution in [3.8, 4) is 17.5 Å². The summed E-state index contributed by atoms with van der Waals surface area (Å²) in [7, 11) is 1.83. The molecule has 1 amide bonds. The highest BCUT2D eigenvalue weighted by Crippen LogP contribution is 2.48. The fourth-order valence-electron chi connectivity index (χ4n) is 5.67. The molecule has 4 aromatic rings. The van der Waals surface area contributed by atoms with Crippen molar-refractivity contribution >= 4 is 23.0 Å². The Balaban J connectivity index is 1.23. The first-order valence-corrected chi connectivity index (χ1v) is 11.7. The van der Waals surface area contributed by atoms with Gasteiger partial charge in [0.1, 0.15) is 17.0 Å². The van der Waals surface area contributed by atoms with Gasteiger partial charge in [-0.05, 0) is 55.4 Å². The van der Waals surface area contributed by atoms with Crippen LogP contribution >= 0.6 is 0 Å². The molecule has 178 valence electrons. The van der Waals surface area contributed by atoms with Crippen molar-refractivity contribution in [2.75, 3.05) is 11.4 Å². The van der Waals surface area contributed by atoms with E-state index in [-0.39, 0.29) is 5.41 Å². The molecule has 35 heavy (non-hydrogen) atoms. The quantitative estimate of drug-likeness (QED) is 0.436. The van der Waals surface area contributed by atoms with Crippen molar-refractivity contribution in [2.45, 2.75) is 44.8 Å². The Kier molecular flexibility index (Phi) is 4.71. The molecule has 0 bridgehead atoms. The molecule has 1 saturated heterocycles. The lowest BCUT2D eigenvalue weighted by Crippen LogP contribution is -2.45. The summed E-state index contributed by atoms with van der Waals surface area (Å²) in [6.45, 7) is 3.38. The van der Waals surface area contributed by atoms with Gasteiger partial charge in [0.05, 0.1) is 35.5 Å². The number of anilines is 1. The van der Waals surface area contributed by atoms with E-state index >= 15 is 0 Å². The summed E-state index contributed by atoms with van der Waals surface area (Å²) in [4.78, 5) is 19.0. The first kappa shape index (κ1) is 21.4. The van der Waals surface area contributed by atoms with Gasteiger partial charge in [0, 0.05) is 25.9 Å². The SMILES string of the molecule is Cn1ccc(-c2cc(N3C[C@@]4(CCC[C@](C)(Cn5cnc6ccc(C#N)cc65)C4)OC3=O)on2)n1. The number of hydrogen-bond donors (Lipinski definition) is 0. The van der Waals surface area contributed by atoms with Crippen LogP contribution in [0, 0.1) is 16.7 Å². The predicted molar refractivity (Wildman–Crippen MR) is 126 cm³/mol. The van der Waals surface area contributed by atoms with Crippen LogP contribution in [0.15, 0.2) is 47.4 Å². The van der Waals surface area contributed by atoms with Crippen LogP contribution in [0.3, 0.4) is 0 Å². The third-order valence-electron chi connectivity index (χ3n) is 7.17. The molecule has 3 aromatic heterocycles. The summed E-state index contributed by atoms with van der Waals surface area (Å²) in [5.74, 6) is 0.365. The van der Waals surface area contributed by atoms with Gasteiger partial charge in [-0.3, -0.25) is 4.68 Å². The average molecular weight is 472 g/mol. The summed E-state index contributed by atoms with van der Waals surface area (Å²) in [6, 6.07) is 11.3. The van der Waals surface area contributed by atoms with Gasteiger partial charge in [0.15, 0.2) is 0 Å². The molecule has 0 N–H and O–H groups in total. The highest BCUT2D eigenvalue weighted by molar-refractivity contribution is 5.89. The van der Waals surface area contributed by atoms with Gasteiger partial charge in [-0.2, -0.15) is 10.4 Å². The van der Waals surface area contributed by atoms with Crippen LogP contribution in [0.5, 0.6) is 0 Å². The number of benzene rings is 1. The third-order valence-corrected chi connectivity index (χ3v) is 7.17. The Labute approximate surface area is 201 Å². The van der Waals surface area contributed by atoms with Gasteiger partial charge in [-0.15, -0.1) is 0 Å². The number of imidazole rings is 1. The third kappa shape index (κ3) is 3.73. The fraction of sp³-hybridized carbons (Fsp3) is 0.400. The summed E-state index contributed by atoms with van der Waals surface area (Å²) < 4.78 is 15.3. The Bertz CT molecular complexity index is 1480. The van der Waals surface area contributed by atoms with Crippen molar-refractivity contribution in [1.82, 2.24) is 24.5 Å². The van der Waals surface area contributed by atoms with Crippen LogP contribution in [-0.4, -0.2) is 42.7 Å². The van der Waals surface area contributed by atoms with Gasteiger partial charge in [-0.1, -0.05) is 12.1 Å². The van der Waals surface area contributed by atoms with Gasteiger partial charge < -0.3 is 13.8 Å². The molecule has 10 nitrogen and oxygen atoms in total. The monoisotopic (exact) mass is 471 g/mol. The molecule has 0 unspecified atom stereocenters. The molecule has 1 aliphatic carbocycles. The van der Waals surface area contributed by atoms with E-state index in [1.54, 1.807) is 16.8 Å². The minimum atomic E-state index is -0.587. The fourth-order valence-corrected chi connectivity index (χ4v) is 5.67. The Morgan fingerprint density at radius 1 is 1.20 bits per heavy atom. The maximum absolute atomic E-state index is 12.9. The minimum absolute atomic E-state index is 0.106. The molecule has 1 spiro atoms. The predicted octanol–water partition coefficient (Wildman–Crippen LogP) is 4.27. The van der Waals surface area contributed by atoms with Crippen molar-refractivity contribution < 1.29 is 14.1 Å². The number of amides is 1. The topological polar surface area (TPSA) is 115 Å². The zero-order valence-electron chi connectivity index (χ0n) is 19.6. The molecule has 6 rings (SSSR count). The number of carbonyl (C=O) groups is 1. The number of ether oxygens (including phenoxy) is 1. The molecule has 1 saturated carbocycles. The Morgan fingerprint density at radius 2 is 2.09 bits per heavy atom. The molecule has 10 heteroatoms. The van der Waals surface area contributed by atoms with Crippen molar-refractivity contribution in [2.24, 2.45) is 12.5 Å². The van der Waals surface area contributed by atoms with E-state index in [1.807, 2.05) is 37.8 Å². The van der Waals surface area contributed by atoms with Gasteiger partial charge in [0.25, 0.3) is 0 Å². The summed E-state index contributed by atoms with van der Waals surface area (Å²) in [5, 5.41) is 17.7. The molecular weight excluding hydrogens is 446 g/mol. The number of aryl methyl sites for hydroxylation is 1. The Hall–Kier alpha value is -4.13. The zero-order valence-corrected chi connectivity index (χ0v) is 19.6. The van der Waals surface area contributed by atoms with Gasteiger partial charge in [-0.25, -0.2) is 14.7 Å². The molecule has 2 fully saturated rings. The molecule has 2 atom stereocenters. The number of rotatable bonds is 4. The first-order chi connectivity index (χ1) is 16.9. The van der Waals surface area contributed by atoms with Gasteiger partial charge in [0.2, 0.25) is 5.88 Å². The number of fused-ring (bicyclic) bond motifs is 1. The first-order valence-electron chi connectivity index (χ1n) is 11.7. The summed E-state index contributed by atoms with van der Waals surface area (Å²) >= 11 is 0. The second-order valence-corrected chi connectivity index (χ2v) is 10.1. The van der Waals surface area contributed by atoms with E-state index in [0.29, 0.717) is 29.4 Å². The normalized spacial score (nSPS) is 24.3. The number of nitrogens with zero attached hydrogens (tertiary/aromatic N) is 7. The molecule has 4 heterocycles. The van der Waals surface area contributed by atoms with Crippen LogP contribution in [-0.2, 0) is 18.3 Å². The van der Waals surface area contributed by atoms with E-state index < -0.39 is 11.7 Å². The van der Waals surface area contributed by atoms with Crippen molar-refractivity contribution in [1.29, 1.82) is 5.26 Å². The summed E-state index contributed by atoms with van der Waals surface area (Å²) in [6.07, 6.45) is 6.73. The molecule has 0 radical (unpaired) electrons. The zero-order chi connectivity index (χ0) is 24.2. The molecular formula is C25H25N7O3.